The van der Waals surface area contributed by atoms with E-state index in [4.69, 9.17) is 0 Å². The van der Waals surface area contributed by atoms with Crippen LogP contribution in [0.2, 0.25) is 0 Å². The smallest absolute Gasteiger partial charge is 0.0999 e. The van der Waals surface area contributed by atoms with Crippen molar-refractivity contribution in [1.82, 2.24) is 0 Å². The van der Waals surface area contributed by atoms with E-state index in [-0.39, 0.29) is 0 Å². The van der Waals surface area contributed by atoms with Crippen LogP contribution in [0.3, 0.4) is 0 Å². The van der Waals surface area contributed by atoms with E-state index in [2.05, 4.69) is 214 Å². The molecule has 0 aliphatic heterocycles. The summed E-state index contributed by atoms with van der Waals surface area (Å²) in [6.07, 6.45) is 9.17. The molecule has 0 bridgehead atoms. The minimum absolute atomic E-state index is 1.05. The van der Waals surface area contributed by atoms with Crippen LogP contribution in [-0.2, 0) is 0 Å². The summed E-state index contributed by atoms with van der Waals surface area (Å²) < 4.78 is 0. The predicted molar refractivity (Wildman–Crippen MR) is 216 cm³/mol. The molecule has 0 heterocycles. The molecule has 6 aromatic carbocycles. The highest BCUT2D eigenvalue weighted by Crippen LogP contribution is 2.46. The second-order valence-electron chi connectivity index (χ2n) is 13.2. The number of hydrogen-bond donors (Lipinski definition) is 0. The maximum atomic E-state index is 3.84. The minimum atomic E-state index is 1.05. The first-order chi connectivity index (χ1) is 25.1. The Kier molecular flexibility index (Phi) is 8.84. The third kappa shape index (κ3) is 6.75. The molecule has 0 heteroatoms. The number of allylic oxidation sites excluding steroid dienone is 9. The number of rotatable bonds is 6. The van der Waals surface area contributed by atoms with E-state index in [0.717, 1.165) is 11.1 Å². The van der Waals surface area contributed by atoms with Gasteiger partial charge in [-0.3, -0.25) is 0 Å². The second-order valence-corrected chi connectivity index (χ2v) is 13.2. The highest BCUT2D eigenvalue weighted by Gasteiger charge is 2.25. The number of hydrogen-bond acceptors (Lipinski definition) is 0. The van der Waals surface area contributed by atoms with Crippen molar-refractivity contribution in [3.8, 4) is 22.3 Å². The largest absolute Gasteiger partial charge is 0.147 e. The molecule has 0 fully saturated rings. The zero-order chi connectivity index (χ0) is 34.6. The highest BCUT2D eigenvalue weighted by molar-refractivity contribution is 6.03. The van der Waals surface area contributed by atoms with Crippen LogP contribution in [-0.4, -0.2) is 0 Å². The Morgan fingerprint density at radius 1 is 0.412 bits per heavy atom. The summed E-state index contributed by atoms with van der Waals surface area (Å²) >= 11 is 0. The summed E-state index contributed by atoms with van der Waals surface area (Å²) in [6, 6.07) is 60.6. The molecular weight excluding hydrogens is 613 g/mol. The van der Waals surface area contributed by atoms with Crippen molar-refractivity contribution in [2.75, 3.05) is 0 Å². The van der Waals surface area contributed by atoms with Gasteiger partial charge in [0, 0.05) is 40.5 Å². The van der Waals surface area contributed by atoms with Crippen molar-refractivity contribution in [3.63, 3.8) is 0 Å². The van der Waals surface area contributed by atoms with Crippen LogP contribution in [0.4, 0.5) is 0 Å². The normalized spacial score (nSPS) is 14.3. The van der Waals surface area contributed by atoms with Gasteiger partial charge in [-0.05, 0) is 48.2 Å². The van der Waals surface area contributed by atoms with Crippen molar-refractivity contribution < 1.29 is 0 Å². The van der Waals surface area contributed by atoms with E-state index in [1.807, 2.05) is 0 Å². The van der Waals surface area contributed by atoms with Gasteiger partial charge in [-0.2, -0.15) is 0 Å². The Bertz CT molecular complexity index is 2260. The zero-order valence-electron chi connectivity index (χ0n) is 29.0. The van der Waals surface area contributed by atoms with Gasteiger partial charge in [0.25, 0.3) is 0 Å². The van der Waals surface area contributed by atoms with Gasteiger partial charge in [0.05, 0.1) is 5.57 Å². The fourth-order valence-electron chi connectivity index (χ4n) is 7.29. The first kappa shape index (κ1) is 31.8. The van der Waals surface area contributed by atoms with Crippen molar-refractivity contribution >= 4 is 16.7 Å². The van der Waals surface area contributed by atoms with E-state index in [1.54, 1.807) is 0 Å². The van der Waals surface area contributed by atoms with Crippen LogP contribution in [0.5, 0.6) is 0 Å². The lowest BCUT2D eigenvalue weighted by Gasteiger charge is -2.34. The maximum absolute atomic E-state index is 3.84. The topological polar surface area (TPSA) is 0 Å². The van der Waals surface area contributed by atoms with Gasteiger partial charge in [0.2, 0.25) is 0 Å². The SMILES string of the molecule is CC1=CC(=C=C2C=C(c3ccc(-c4ccccc4)cc3)[C-](c3ccccc3)C(c3ccc(-c4ccccc4)cc3)=C2)[CH+]C(C)=C1c1ccccc1. The molecule has 8 rings (SSSR count). The lowest BCUT2D eigenvalue weighted by Crippen LogP contribution is -2.10. The summed E-state index contributed by atoms with van der Waals surface area (Å²) in [6.45, 7) is 4.41. The van der Waals surface area contributed by atoms with Gasteiger partial charge in [0.1, 0.15) is 5.57 Å². The summed E-state index contributed by atoms with van der Waals surface area (Å²) in [4.78, 5) is 0. The average molecular weight is 651 g/mol. The molecular formula is C51H38. The van der Waals surface area contributed by atoms with Crippen molar-refractivity contribution in [2.45, 2.75) is 13.8 Å². The predicted octanol–water partition coefficient (Wildman–Crippen LogP) is 13.2. The van der Waals surface area contributed by atoms with Crippen LogP contribution in [0.15, 0.2) is 216 Å². The quantitative estimate of drug-likeness (QED) is 0.124. The number of benzene rings is 6. The molecule has 0 spiro atoms. The second kappa shape index (κ2) is 14.2. The third-order valence-corrected chi connectivity index (χ3v) is 9.69. The fourth-order valence-corrected chi connectivity index (χ4v) is 7.29. The van der Waals surface area contributed by atoms with Crippen molar-refractivity contribution in [3.05, 3.63) is 251 Å². The monoisotopic (exact) mass is 650 g/mol. The van der Waals surface area contributed by atoms with Crippen LogP contribution in [0.25, 0.3) is 39.0 Å². The maximum Gasteiger partial charge on any atom is 0.147 e. The van der Waals surface area contributed by atoms with E-state index >= 15 is 0 Å². The summed E-state index contributed by atoms with van der Waals surface area (Å²) in [5.41, 5.74) is 21.7. The molecule has 0 N–H and O–H groups in total. The standard InChI is InChI=1S/C51H38/c1-36-31-38(32-37(2)50(36)46-19-11-5-12-20-46)33-39-34-48(44-27-23-42(24-28-44)40-15-7-3-8-16-40)51(47-21-13-6-14-22-47)49(35-39)45-29-25-43(26-30-45)41-17-9-4-10-18-41/h3-32,34-35H,1-2H3. The minimum Gasteiger partial charge on any atom is -0.0999 e. The molecule has 2 aliphatic rings. The van der Waals surface area contributed by atoms with Crippen LogP contribution < -0.4 is 0 Å². The molecule has 242 valence electrons. The zero-order valence-corrected chi connectivity index (χ0v) is 29.0. The van der Waals surface area contributed by atoms with Gasteiger partial charge in [-0.1, -0.05) is 204 Å². The van der Waals surface area contributed by atoms with Crippen molar-refractivity contribution in [2.24, 2.45) is 0 Å². The average Bonchev–Trinajstić information content (AvgIpc) is 3.19. The Morgan fingerprint density at radius 3 is 1.25 bits per heavy atom. The van der Waals surface area contributed by atoms with E-state index in [0.29, 0.717) is 0 Å². The van der Waals surface area contributed by atoms with Gasteiger partial charge in [-0.25, -0.2) is 0 Å². The Labute approximate surface area is 302 Å². The molecule has 0 radical (unpaired) electrons. The summed E-state index contributed by atoms with van der Waals surface area (Å²) in [7, 11) is 0. The Hall–Kier alpha value is -6.46. The van der Waals surface area contributed by atoms with Gasteiger partial charge in [-0.15, -0.1) is 0 Å². The fraction of sp³-hybridized carbons (Fsp3) is 0.0392. The van der Waals surface area contributed by atoms with Crippen LogP contribution in [0, 0.1) is 12.3 Å². The molecule has 0 nitrogen and oxygen atoms in total. The lowest BCUT2D eigenvalue weighted by molar-refractivity contribution is 1.30. The molecule has 51 heavy (non-hydrogen) atoms. The van der Waals surface area contributed by atoms with Crippen LogP contribution >= 0.6 is 0 Å². The van der Waals surface area contributed by atoms with Crippen LogP contribution in [0.1, 0.15) is 36.1 Å². The molecule has 2 aliphatic carbocycles. The van der Waals surface area contributed by atoms with E-state index < -0.39 is 0 Å². The molecule has 0 saturated carbocycles. The molecule has 0 atom stereocenters. The molecule has 0 saturated heterocycles. The lowest BCUT2D eigenvalue weighted by atomic mass is 9.74. The summed E-state index contributed by atoms with van der Waals surface area (Å²) in [5.74, 6) is 1.22. The van der Waals surface area contributed by atoms with E-state index in [1.165, 1.54) is 78.3 Å². The van der Waals surface area contributed by atoms with E-state index in [9.17, 15) is 0 Å². The molecule has 0 amide bonds. The Morgan fingerprint density at radius 2 is 0.804 bits per heavy atom. The summed E-state index contributed by atoms with van der Waals surface area (Å²) in [5, 5.41) is 0. The van der Waals surface area contributed by atoms with Crippen molar-refractivity contribution in [1.29, 1.82) is 0 Å². The first-order valence-corrected chi connectivity index (χ1v) is 17.6. The van der Waals surface area contributed by atoms with Gasteiger partial charge in [0.15, 0.2) is 0 Å². The third-order valence-electron chi connectivity index (χ3n) is 9.69. The Balaban J connectivity index is 1.28. The van der Waals surface area contributed by atoms with Gasteiger partial charge < -0.3 is 0 Å². The highest BCUT2D eigenvalue weighted by atomic mass is 14.3. The first-order valence-electron chi connectivity index (χ1n) is 17.6. The molecule has 6 aromatic rings. The molecule has 0 unspecified atom stereocenters. The van der Waals surface area contributed by atoms with Gasteiger partial charge >= 0.3 is 0 Å². The molecule has 0 aromatic heterocycles.